The summed E-state index contributed by atoms with van der Waals surface area (Å²) < 4.78 is 4.80. The number of hydrogen-bond acceptors (Lipinski definition) is 4. The number of carboxylic acids is 1. The Hall–Kier alpha value is -1.79. The molecule has 1 fully saturated rings. The lowest BCUT2D eigenvalue weighted by molar-refractivity contribution is -0.149. The van der Waals surface area contributed by atoms with Gasteiger partial charge in [-0.25, -0.2) is 4.79 Å². The van der Waals surface area contributed by atoms with Crippen molar-refractivity contribution in [3.05, 3.63) is 0 Å². The molecule has 0 aromatic carbocycles. The number of amides is 2. The molecule has 7 nitrogen and oxygen atoms in total. The van der Waals surface area contributed by atoms with Gasteiger partial charge < -0.3 is 20.1 Å². The fourth-order valence-electron chi connectivity index (χ4n) is 2.36. The van der Waals surface area contributed by atoms with Crippen LogP contribution in [0, 0.1) is 11.3 Å². The van der Waals surface area contributed by atoms with E-state index in [1.165, 1.54) is 4.90 Å². The summed E-state index contributed by atoms with van der Waals surface area (Å²) in [4.78, 5) is 36.6. The minimum absolute atomic E-state index is 0.121. The summed E-state index contributed by atoms with van der Waals surface area (Å²) >= 11 is 0. The van der Waals surface area contributed by atoms with E-state index in [4.69, 9.17) is 4.74 Å². The second-order valence-electron chi connectivity index (χ2n) is 6.29. The Morgan fingerprint density at radius 3 is 2.38 bits per heavy atom. The molecule has 2 atom stereocenters. The van der Waals surface area contributed by atoms with Gasteiger partial charge in [0, 0.05) is 18.5 Å². The number of piperidine rings is 1. The number of alkyl carbamates (subject to hydrolysis) is 1. The summed E-state index contributed by atoms with van der Waals surface area (Å²) in [5.74, 6) is -1.77. The maximum Gasteiger partial charge on any atom is 0.407 e. The fourth-order valence-corrected chi connectivity index (χ4v) is 2.36. The topological polar surface area (TPSA) is 95.9 Å². The Kier molecular flexibility index (Phi) is 5.57. The largest absolute Gasteiger partial charge is 0.481 e. The van der Waals surface area contributed by atoms with E-state index in [1.54, 1.807) is 27.7 Å². The summed E-state index contributed by atoms with van der Waals surface area (Å²) in [6.45, 7) is 7.76. The zero-order chi connectivity index (χ0) is 16.2. The number of aliphatic carboxylic acids is 1. The molecule has 2 unspecified atom stereocenters. The standard InChI is InChI=1S/C14H24N2O5/c1-5-21-13(20)15-10-6-9(11(17)18)7-16(8-10)12(19)14(2,3)4/h9-10H,5-8H2,1-4H3,(H,15,20)(H,17,18). The van der Waals surface area contributed by atoms with Gasteiger partial charge in [0.15, 0.2) is 0 Å². The van der Waals surface area contributed by atoms with Crippen molar-refractivity contribution in [3.63, 3.8) is 0 Å². The third-order valence-corrected chi connectivity index (χ3v) is 3.33. The van der Waals surface area contributed by atoms with E-state index in [0.717, 1.165) is 0 Å². The maximum absolute atomic E-state index is 12.3. The SMILES string of the molecule is CCOC(=O)NC1CC(C(=O)O)CN(C(=O)C(C)(C)C)C1. The number of carbonyl (C=O) groups is 3. The monoisotopic (exact) mass is 300 g/mol. The van der Waals surface area contributed by atoms with Gasteiger partial charge in [-0.3, -0.25) is 9.59 Å². The van der Waals surface area contributed by atoms with Gasteiger partial charge in [0.25, 0.3) is 0 Å². The lowest BCUT2D eigenvalue weighted by atomic mass is 9.89. The molecule has 1 heterocycles. The molecule has 0 aliphatic carbocycles. The number of carboxylic acid groups (broad SMARTS) is 1. The summed E-state index contributed by atoms with van der Waals surface area (Å²) in [5.41, 5.74) is -0.588. The Bertz CT molecular complexity index is 416. The van der Waals surface area contributed by atoms with Gasteiger partial charge in [0.2, 0.25) is 5.91 Å². The molecule has 7 heteroatoms. The average Bonchev–Trinajstić information content (AvgIpc) is 2.36. The predicted molar refractivity (Wildman–Crippen MR) is 75.7 cm³/mol. The van der Waals surface area contributed by atoms with Crippen molar-refractivity contribution in [1.82, 2.24) is 10.2 Å². The molecule has 0 saturated carbocycles. The predicted octanol–water partition coefficient (Wildman–Crippen LogP) is 1.08. The quantitative estimate of drug-likeness (QED) is 0.813. The second kappa shape index (κ2) is 6.78. The van der Waals surface area contributed by atoms with Gasteiger partial charge in [-0.05, 0) is 13.3 Å². The summed E-state index contributed by atoms with van der Waals surface area (Å²) in [5, 5.41) is 11.8. The summed E-state index contributed by atoms with van der Waals surface area (Å²) in [6.07, 6.45) is -0.293. The lowest BCUT2D eigenvalue weighted by Gasteiger charge is -2.39. The van der Waals surface area contributed by atoms with Crippen LogP contribution >= 0.6 is 0 Å². The molecule has 0 bridgehead atoms. The van der Waals surface area contributed by atoms with Gasteiger partial charge in [0.05, 0.1) is 18.6 Å². The smallest absolute Gasteiger partial charge is 0.407 e. The zero-order valence-corrected chi connectivity index (χ0v) is 13.0. The van der Waals surface area contributed by atoms with Crippen molar-refractivity contribution in [1.29, 1.82) is 0 Å². The highest BCUT2D eigenvalue weighted by atomic mass is 16.5. The third kappa shape index (κ3) is 4.91. The normalized spacial score (nSPS) is 22.6. The van der Waals surface area contributed by atoms with Gasteiger partial charge in [-0.15, -0.1) is 0 Å². The molecule has 0 spiro atoms. The highest BCUT2D eigenvalue weighted by molar-refractivity contribution is 5.82. The third-order valence-electron chi connectivity index (χ3n) is 3.33. The lowest BCUT2D eigenvalue weighted by Crippen LogP contribution is -2.56. The van der Waals surface area contributed by atoms with Crippen LogP contribution in [0.1, 0.15) is 34.1 Å². The van der Waals surface area contributed by atoms with Gasteiger partial charge in [-0.1, -0.05) is 20.8 Å². The van der Waals surface area contributed by atoms with E-state index in [0.29, 0.717) is 13.0 Å². The Morgan fingerprint density at radius 1 is 1.29 bits per heavy atom. The number of likely N-dealkylation sites (tertiary alicyclic amines) is 1. The van der Waals surface area contributed by atoms with E-state index < -0.39 is 29.4 Å². The molecule has 1 aliphatic rings. The van der Waals surface area contributed by atoms with E-state index in [1.807, 2.05) is 0 Å². The van der Waals surface area contributed by atoms with Crippen LogP contribution in [0.2, 0.25) is 0 Å². The number of ether oxygens (including phenoxy) is 1. The average molecular weight is 300 g/mol. The Balaban J connectivity index is 2.80. The molecule has 1 rings (SSSR count). The minimum atomic E-state index is -0.961. The number of rotatable bonds is 3. The molecule has 21 heavy (non-hydrogen) atoms. The second-order valence-corrected chi connectivity index (χ2v) is 6.29. The summed E-state index contributed by atoms with van der Waals surface area (Å²) in [6, 6.07) is -0.412. The van der Waals surface area contributed by atoms with Crippen LogP contribution in [0.5, 0.6) is 0 Å². The van der Waals surface area contributed by atoms with E-state index in [9.17, 15) is 19.5 Å². The molecule has 2 N–H and O–H groups in total. The van der Waals surface area contributed by atoms with Crippen LogP contribution < -0.4 is 5.32 Å². The van der Waals surface area contributed by atoms with E-state index in [2.05, 4.69) is 5.32 Å². The van der Waals surface area contributed by atoms with Crippen molar-refractivity contribution in [2.45, 2.75) is 40.2 Å². The van der Waals surface area contributed by atoms with Gasteiger partial charge in [-0.2, -0.15) is 0 Å². The molecular formula is C14H24N2O5. The number of hydrogen-bond donors (Lipinski definition) is 2. The first kappa shape index (κ1) is 17.3. The van der Waals surface area contributed by atoms with Gasteiger partial charge >= 0.3 is 12.1 Å². The van der Waals surface area contributed by atoms with Crippen LogP contribution in [0.25, 0.3) is 0 Å². The minimum Gasteiger partial charge on any atom is -0.481 e. The molecule has 120 valence electrons. The molecule has 1 aliphatic heterocycles. The number of nitrogens with zero attached hydrogens (tertiary/aromatic N) is 1. The Morgan fingerprint density at radius 2 is 1.90 bits per heavy atom. The summed E-state index contributed by atoms with van der Waals surface area (Å²) in [7, 11) is 0. The van der Waals surface area contributed by atoms with Crippen LogP contribution in [0.3, 0.4) is 0 Å². The van der Waals surface area contributed by atoms with Crippen LogP contribution in [0.4, 0.5) is 4.79 Å². The van der Waals surface area contributed by atoms with E-state index >= 15 is 0 Å². The molecule has 0 aromatic heterocycles. The van der Waals surface area contributed by atoms with Crippen molar-refractivity contribution in [2.24, 2.45) is 11.3 Å². The van der Waals surface area contributed by atoms with Crippen molar-refractivity contribution in [2.75, 3.05) is 19.7 Å². The van der Waals surface area contributed by atoms with Crippen LogP contribution in [-0.4, -0.2) is 53.7 Å². The molecular weight excluding hydrogens is 276 g/mol. The number of carbonyl (C=O) groups excluding carboxylic acids is 2. The van der Waals surface area contributed by atoms with Crippen LogP contribution in [0.15, 0.2) is 0 Å². The van der Waals surface area contributed by atoms with Crippen molar-refractivity contribution < 1.29 is 24.2 Å². The van der Waals surface area contributed by atoms with Crippen LogP contribution in [-0.2, 0) is 14.3 Å². The first-order chi connectivity index (χ1) is 9.65. The van der Waals surface area contributed by atoms with Crippen molar-refractivity contribution >= 4 is 18.0 Å². The van der Waals surface area contributed by atoms with E-state index in [-0.39, 0.29) is 19.1 Å². The van der Waals surface area contributed by atoms with Gasteiger partial charge in [0.1, 0.15) is 0 Å². The fraction of sp³-hybridized carbons (Fsp3) is 0.786. The molecule has 0 radical (unpaired) electrons. The molecule has 2 amide bonds. The first-order valence-electron chi connectivity index (χ1n) is 7.10. The Labute approximate surface area is 124 Å². The first-order valence-corrected chi connectivity index (χ1v) is 7.10. The van der Waals surface area contributed by atoms with Crippen molar-refractivity contribution in [3.8, 4) is 0 Å². The maximum atomic E-state index is 12.3. The zero-order valence-electron chi connectivity index (χ0n) is 13.0. The highest BCUT2D eigenvalue weighted by Crippen LogP contribution is 2.24. The number of nitrogens with one attached hydrogen (secondary N) is 1. The molecule has 1 saturated heterocycles. The molecule has 0 aromatic rings. The highest BCUT2D eigenvalue weighted by Gasteiger charge is 2.37.